The van der Waals surface area contributed by atoms with Gasteiger partial charge in [-0.2, -0.15) is 0 Å². The molecule has 3 fully saturated rings. The van der Waals surface area contributed by atoms with Crippen molar-refractivity contribution in [3.05, 3.63) is 0 Å². The molecule has 0 radical (unpaired) electrons. The quantitative estimate of drug-likeness (QED) is 0.433. The number of aliphatic hydroxyl groups is 4. The molecule has 8 nitrogen and oxygen atoms in total. The van der Waals surface area contributed by atoms with E-state index < -0.39 is 41.4 Å². The van der Waals surface area contributed by atoms with Crippen LogP contribution >= 0.6 is 11.8 Å². The lowest BCUT2D eigenvalue weighted by atomic mass is 10.0. The first-order valence-electron chi connectivity index (χ1n) is 7.27. The van der Waals surface area contributed by atoms with E-state index in [2.05, 4.69) is 0 Å². The van der Waals surface area contributed by atoms with Crippen LogP contribution in [-0.2, 0) is 18.9 Å². The van der Waals surface area contributed by atoms with Gasteiger partial charge in [-0.3, -0.25) is 0 Å². The van der Waals surface area contributed by atoms with Gasteiger partial charge < -0.3 is 39.4 Å². The number of thioether (sulfide) groups is 1. The molecule has 0 aromatic rings. The maximum Gasteiger partial charge on any atom is 0.186 e. The Kier molecular flexibility index (Phi) is 4.98. The van der Waals surface area contributed by atoms with Crippen LogP contribution in [0.1, 0.15) is 6.92 Å². The number of fused-ring (bicyclic) bond motifs is 1. The van der Waals surface area contributed by atoms with Crippen LogP contribution in [0, 0.1) is 0 Å². The van der Waals surface area contributed by atoms with Crippen LogP contribution in [0.15, 0.2) is 0 Å². The van der Waals surface area contributed by atoms with Gasteiger partial charge in [0.05, 0.1) is 24.1 Å². The Bertz CT molecular complexity index is 398. The molecule has 0 amide bonds. The van der Waals surface area contributed by atoms with Crippen LogP contribution in [0.3, 0.4) is 0 Å². The largest absolute Gasteiger partial charge is 0.394 e. The summed E-state index contributed by atoms with van der Waals surface area (Å²) in [5, 5.41) is 39.0. The highest BCUT2D eigenvalue weighted by atomic mass is 32.2. The molecule has 10 atom stereocenters. The van der Waals surface area contributed by atoms with E-state index in [-0.39, 0.29) is 24.9 Å². The maximum absolute atomic E-state index is 10.3. The van der Waals surface area contributed by atoms with E-state index in [4.69, 9.17) is 18.9 Å². The van der Waals surface area contributed by atoms with E-state index in [1.54, 1.807) is 6.92 Å². The molecule has 3 saturated heterocycles. The van der Waals surface area contributed by atoms with Crippen molar-refractivity contribution in [3.63, 3.8) is 0 Å². The molecular formula is C13H22O8S. The third kappa shape index (κ3) is 2.90. The van der Waals surface area contributed by atoms with Crippen molar-refractivity contribution >= 4 is 11.8 Å². The van der Waals surface area contributed by atoms with Crippen molar-refractivity contribution < 1.29 is 39.4 Å². The minimum absolute atomic E-state index is 0.278. The molecule has 4 N–H and O–H groups in total. The lowest BCUT2D eigenvalue weighted by Crippen LogP contribution is -2.57. The van der Waals surface area contributed by atoms with Crippen LogP contribution in [0.2, 0.25) is 0 Å². The summed E-state index contributed by atoms with van der Waals surface area (Å²) >= 11 is 1.28. The second-order valence-corrected chi connectivity index (χ2v) is 7.09. The van der Waals surface area contributed by atoms with Gasteiger partial charge in [-0.05, 0) is 6.92 Å². The number of methoxy groups -OCH3 is 1. The molecular weight excluding hydrogens is 316 g/mol. The van der Waals surface area contributed by atoms with E-state index in [1.165, 1.54) is 18.9 Å². The third-order valence-electron chi connectivity index (χ3n) is 4.34. The Morgan fingerprint density at radius 1 is 1.00 bits per heavy atom. The fourth-order valence-corrected chi connectivity index (χ4v) is 4.47. The van der Waals surface area contributed by atoms with Gasteiger partial charge in [0, 0.05) is 7.11 Å². The topological polar surface area (TPSA) is 121 Å². The highest BCUT2D eigenvalue weighted by Gasteiger charge is 2.58. The standard InChI is InChI=1S/C13H22O8S/c1-4-11(7(16)8(17)12(18-2)19-4)22-13-10-9(21-10)6(15)5(3-14)20-13/h4-17H,3H2,1-2H3/t4-,5-,6-,7-,8-,9-,10-,11-,12+,13-/m1/s1. The second-order valence-electron chi connectivity index (χ2n) is 5.81. The van der Waals surface area contributed by atoms with E-state index in [0.717, 1.165) is 0 Å². The Morgan fingerprint density at radius 2 is 1.73 bits per heavy atom. The molecule has 3 rings (SSSR count). The zero-order chi connectivity index (χ0) is 16.0. The van der Waals surface area contributed by atoms with Crippen molar-refractivity contribution in [3.8, 4) is 0 Å². The molecule has 0 saturated carbocycles. The van der Waals surface area contributed by atoms with Crippen LogP contribution in [0.25, 0.3) is 0 Å². The minimum Gasteiger partial charge on any atom is -0.394 e. The van der Waals surface area contributed by atoms with Crippen LogP contribution in [-0.4, -0.2) is 93.8 Å². The monoisotopic (exact) mass is 338 g/mol. The molecule has 9 heteroatoms. The molecule has 3 aliphatic rings. The SMILES string of the molecule is CO[C@H]1O[C@H](C)[C@@H](S[C@H]2O[C@H](CO)[C@@H](O)[C@H]3O[C@H]32)[C@H](O)[C@H]1O. The van der Waals surface area contributed by atoms with Gasteiger partial charge in [-0.15, -0.1) is 11.8 Å². The molecule has 0 spiro atoms. The fourth-order valence-electron chi connectivity index (χ4n) is 2.98. The first-order chi connectivity index (χ1) is 10.5. The van der Waals surface area contributed by atoms with Crippen LogP contribution in [0.4, 0.5) is 0 Å². The number of ether oxygens (including phenoxy) is 4. The smallest absolute Gasteiger partial charge is 0.186 e. The number of hydrogen-bond acceptors (Lipinski definition) is 9. The van der Waals surface area contributed by atoms with E-state index in [9.17, 15) is 20.4 Å². The van der Waals surface area contributed by atoms with Gasteiger partial charge in [-0.25, -0.2) is 0 Å². The number of aliphatic hydroxyl groups excluding tert-OH is 4. The number of epoxide rings is 1. The Hall–Kier alpha value is 0.0300. The summed E-state index contributed by atoms with van der Waals surface area (Å²) < 4.78 is 21.6. The minimum atomic E-state index is -1.16. The first kappa shape index (κ1) is 16.9. The summed E-state index contributed by atoms with van der Waals surface area (Å²) in [6, 6.07) is 0. The molecule has 128 valence electrons. The summed E-state index contributed by atoms with van der Waals surface area (Å²) in [5.41, 5.74) is -0.442. The molecule has 0 bridgehead atoms. The molecule has 3 heterocycles. The Balaban J connectivity index is 1.65. The molecule has 0 unspecified atom stereocenters. The average molecular weight is 338 g/mol. The summed E-state index contributed by atoms with van der Waals surface area (Å²) in [6.45, 7) is 1.48. The van der Waals surface area contributed by atoms with Crippen LogP contribution < -0.4 is 0 Å². The van der Waals surface area contributed by atoms with Gasteiger partial charge in [-0.1, -0.05) is 0 Å². The van der Waals surface area contributed by atoms with E-state index in [1.807, 2.05) is 0 Å². The second kappa shape index (κ2) is 6.50. The molecule has 0 aromatic heterocycles. The summed E-state index contributed by atoms with van der Waals surface area (Å²) in [4.78, 5) is 0. The van der Waals surface area contributed by atoms with Gasteiger partial charge in [0.2, 0.25) is 0 Å². The van der Waals surface area contributed by atoms with Crippen molar-refractivity contribution in [1.82, 2.24) is 0 Å². The lowest BCUT2D eigenvalue weighted by Gasteiger charge is -2.42. The van der Waals surface area contributed by atoms with Gasteiger partial charge >= 0.3 is 0 Å². The van der Waals surface area contributed by atoms with Gasteiger partial charge in [0.15, 0.2) is 6.29 Å². The maximum atomic E-state index is 10.3. The highest BCUT2D eigenvalue weighted by Crippen LogP contribution is 2.45. The third-order valence-corrected chi connectivity index (χ3v) is 5.96. The van der Waals surface area contributed by atoms with Crippen molar-refractivity contribution in [1.29, 1.82) is 0 Å². The first-order valence-corrected chi connectivity index (χ1v) is 8.22. The molecule has 0 aromatic carbocycles. The van der Waals surface area contributed by atoms with Crippen LogP contribution in [0.5, 0.6) is 0 Å². The zero-order valence-electron chi connectivity index (χ0n) is 12.3. The average Bonchev–Trinajstić information content (AvgIpc) is 3.30. The lowest BCUT2D eigenvalue weighted by molar-refractivity contribution is -0.251. The highest BCUT2D eigenvalue weighted by molar-refractivity contribution is 8.00. The molecule has 0 aliphatic carbocycles. The Morgan fingerprint density at radius 3 is 2.36 bits per heavy atom. The van der Waals surface area contributed by atoms with Gasteiger partial charge in [0.25, 0.3) is 0 Å². The predicted molar refractivity (Wildman–Crippen MR) is 75.2 cm³/mol. The zero-order valence-corrected chi connectivity index (χ0v) is 13.1. The van der Waals surface area contributed by atoms with Gasteiger partial charge in [0.1, 0.15) is 36.0 Å². The fraction of sp³-hybridized carbons (Fsp3) is 1.00. The van der Waals surface area contributed by atoms with Crippen molar-refractivity contribution in [2.24, 2.45) is 0 Å². The number of hydrogen-bond donors (Lipinski definition) is 4. The van der Waals surface area contributed by atoms with E-state index in [0.29, 0.717) is 0 Å². The van der Waals surface area contributed by atoms with Crippen molar-refractivity contribution in [2.45, 2.75) is 66.6 Å². The summed E-state index contributed by atoms with van der Waals surface area (Å²) in [6.07, 6.45) is -5.62. The molecule has 22 heavy (non-hydrogen) atoms. The summed E-state index contributed by atoms with van der Waals surface area (Å²) in [7, 11) is 1.40. The molecule has 3 aliphatic heterocycles. The predicted octanol–water partition coefficient (Wildman–Crippen LogP) is -1.95. The summed E-state index contributed by atoms with van der Waals surface area (Å²) in [5.74, 6) is 0. The van der Waals surface area contributed by atoms with Crippen molar-refractivity contribution in [2.75, 3.05) is 13.7 Å². The number of rotatable bonds is 4. The van der Waals surface area contributed by atoms with E-state index >= 15 is 0 Å². The Labute approximate surface area is 132 Å². The normalized spacial score (nSPS) is 54.8.